The second-order valence-electron chi connectivity index (χ2n) is 7.03. The van der Waals surface area contributed by atoms with E-state index in [4.69, 9.17) is 14.2 Å². The molecule has 1 amide bonds. The molecule has 0 radical (unpaired) electrons. The second kappa shape index (κ2) is 8.33. The van der Waals surface area contributed by atoms with Crippen LogP contribution in [0.25, 0.3) is 5.76 Å². The molecule has 2 heterocycles. The highest BCUT2D eigenvalue weighted by molar-refractivity contribution is 5.80. The molecule has 0 unspecified atom stereocenters. The summed E-state index contributed by atoms with van der Waals surface area (Å²) in [4.78, 5) is 18.3. The van der Waals surface area contributed by atoms with Gasteiger partial charge in [-0.25, -0.2) is 4.79 Å². The fourth-order valence-corrected chi connectivity index (χ4v) is 3.57. The molecule has 6 nitrogen and oxygen atoms in total. The Labute approximate surface area is 164 Å². The lowest BCUT2D eigenvalue weighted by molar-refractivity contribution is 0.138. The highest BCUT2D eigenvalue weighted by Gasteiger charge is 2.24. The number of amides is 1. The smallest absolute Gasteiger partial charge is 0.415 e. The van der Waals surface area contributed by atoms with E-state index in [1.807, 2.05) is 42.5 Å². The molecule has 2 aromatic rings. The zero-order chi connectivity index (χ0) is 19.3. The van der Waals surface area contributed by atoms with Crippen LogP contribution in [0.15, 0.2) is 48.7 Å². The number of ether oxygens (including phenoxy) is 3. The molecule has 1 aliphatic heterocycles. The van der Waals surface area contributed by atoms with E-state index in [1.54, 1.807) is 18.2 Å². The van der Waals surface area contributed by atoms with E-state index in [-0.39, 0.29) is 12.2 Å². The molecule has 0 saturated heterocycles. The quantitative estimate of drug-likeness (QED) is 0.743. The van der Waals surface area contributed by atoms with Crippen LogP contribution in [0, 0.1) is 0 Å². The van der Waals surface area contributed by atoms with Crippen molar-refractivity contribution in [1.82, 2.24) is 9.88 Å². The molecule has 0 N–H and O–H groups in total. The number of cyclic esters (lactones) is 1. The van der Waals surface area contributed by atoms with Crippen molar-refractivity contribution < 1.29 is 19.0 Å². The molecule has 1 aromatic heterocycles. The first kappa shape index (κ1) is 18.3. The van der Waals surface area contributed by atoms with E-state index in [2.05, 4.69) is 4.98 Å². The normalized spacial score (nSPS) is 17.2. The molecule has 0 bridgehead atoms. The van der Waals surface area contributed by atoms with Crippen LogP contribution in [0.4, 0.5) is 4.79 Å². The molecule has 1 aliphatic carbocycles. The van der Waals surface area contributed by atoms with Crippen LogP contribution in [0.1, 0.15) is 36.9 Å². The maximum Gasteiger partial charge on any atom is 0.415 e. The van der Waals surface area contributed by atoms with Crippen molar-refractivity contribution in [3.8, 4) is 11.5 Å². The molecule has 2 aliphatic rings. The second-order valence-corrected chi connectivity index (χ2v) is 7.03. The van der Waals surface area contributed by atoms with Gasteiger partial charge >= 0.3 is 6.09 Å². The standard InChI is InChI=1S/C22H24N2O4/c1-26-20-10-9-16(14-21(20)27-18-7-2-3-8-18)19-11-13-24(22(25)28-19)15-17-6-4-5-12-23-17/h4-6,9-12,14,18H,2-3,7-8,13,15H2,1H3. The van der Waals surface area contributed by atoms with Crippen LogP contribution in [0.2, 0.25) is 0 Å². The number of carbonyl (C=O) groups is 1. The average Bonchev–Trinajstić information content (AvgIpc) is 3.23. The molecule has 28 heavy (non-hydrogen) atoms. The maximum absolute atomic E-state index is 12.4. The summed E-state index contributed by atoms with van der Waals surface area (Å²) in [7, 11) is 1.63. The summed E-state index contributed by atoms with van der Waals surface area (Å²) in [6.07, 6.45) is 7.99. The SMILES string of the molecule is COc1ccc(C2=CCN(Cc3ccccn3)C(=O)O2)cc1OC1CCCC1. The van der Waals surface area contributed by atoms with Gasteiger partial charge in [-0.15, -0.1) is 0 Å². The van der Waals surface area contributed by atoms with Gasteiger partial charge in [0.25, 0.3) is 0 Å². The van der Waals surface area contributed by atoms with Crippen LogP contribution >= 0.6 is 0 Å². The largest absolute Gasteiger partial charge is 0.493 e. The Hall–Kier alpha value is -3.02. The van der Waals surface area contributed by atoms with Gasteiger partial charge in [0.05, 0.1) is 25.5 Å². The fourth-order valence-electron chi connectivity index (χ4n) is 3.57. The number of pyridine rings is 1. The highest BCUT2D eigenvalue weighted by atomic mass is 16.6. The number of hydrogen-bond acceptors (Lipinski definition) is 5. The third-order valence-electron chi connectivity index (χ3n) is 5.08. The highest BCUT2D eigenvalue weighted by Crippen LogP contribution is 2.35. The average molecular weight is 380 g/mol. The molecule has 1 saturated carbocycles. The lowest BCUT2D eigenvalue weighted by Gasteiger charge is -2.26. The summed E-state index contributed by atoms with van der Waals surface area (Å²) < 4.78 is 17.2. The van der Waals surface area contributed by atoms with Crippen molar-refractivity contribution in [2.75, 3.05) is 13.7 Å². The summed E-state index contributed by atoms with van der Waals surface area (Å²) >= 11 is 0. The summed E-state index contributed by atoms with van der Waals surface area (Å²) in [6, 6.07) is 11.3. The van der Waals surface area contributed by atoms with Gasteiger partial charge in [0, 0.05) is 18.3 Å². The Morgan fingerprint density at radius 3 is 2.75 bits per heavy atom. The fraction of sp³-hybridized carbons (Fsp3) is 0.364. The summed E-state index contributed by atoms with van der Waals surface area (Å²) in [5, 5.41) is 0. The van der Waals surface area contributed by atoms with Crippen molar-refractivity contribution >= 4 is 11.9 Å². The number of hydrogen-bond donors (Lipinski definition) is 0. The van der Waals surface area contributed by atoms with Gasteiger partial charge in [-0.1, -0.05) is 6.07 Å². The zero-order valence-corrected chi connectivity index (χ0v) is 16.0. The monoisotopic (exact) mass is 380 g/mol. The topological polar surface area (TPSA) is 60.9 Å². The van der Waals surface area contributed by atoms with Crippen LogP contribution in [-0.4, -0.2) is 35.7 Å². The van der Waals surface area contributed by atoms with Gasteiger partial charge in [-0.3, -0.25) is 9.88 Å². The van der Waals surface area contributed by atoms with Crippen LogP contribution in [-0.2, 0) is 11.3 Å². The zero-order valence-electron chi connectivity index (χ0n) is 16.0. The number of benzene rings is 1. The Morgan fingerprint density at radius 1 is 1.18 bits per heavy atom. The molecule has 1 fully saturated rings. The van der Waals surface area contributed by atoms with E-state index in [1.165, 1.54) is 12.8 Å². The number of aromatic nitrogens is 1. The Kier molecular flexibility index (Phi) is 5.46. The first-order chi connectivity index (χ1) is 13.7. The summed E-state index contributed by atoms with van der Waals surface area (Å²) in [5.41, 5.74) is 1.63. The van der Waals surface area contributed by atoms with Gasteiger partial charge in [-0.05, 0) is 62.1 Å². The molecule has 1 aromatic carbocycles. The van der Waals surface area contributed by atoms with Gasteiger partial charge in [0.15, 0.2) is 11.5 Å². The minimum absolute atomic E-state index is 0.223. The van der Waals surface area contributed by atoms with Gasteiger partial charge in [-0.2, -0.15) is 0 Å². The third-order valence-corrected chi connectivity index (χ3v) is 5.08. The maximum atomic E-state index is 12.4. The van der Waals surface area contributed by atoms with Gasteiger partial charge < -0.3 is 14.2 Å². The number of methoxy groups -OCH3 is 1. The number of nitrogens with zero attached hydrogens (tertiary/aromatic N) is 2. The Morgan fingerprint density at radius 2 is 2.04 bits per heavy atom. The van der Waals surface area contributed by atoms with E-state index in [0.717, 1.165) is 24.1 Å². The van der Waals surface area contributed by atoms with Crippen molar-refractivity contribution in [2.24, 2.45) is 0 Å². The predicted octanol–water partition coefficient (Wildman–Crippen LogP) is 4.40. The molecular formula is C22H24N2O4. The molecule has 0 atom stereocenters. The third kappa shape index (κ3) is 4.11. The first-order valence-corrected chi connectivity index (χ1v) is 9.65. The van der Waals surface area contributed by atoms with Crippen molar-refractivity contribution in [3.63, 3.8) is 0 Å². The van der Waals surface area contributed by atoms with E-state index >= 15 is 0 Å². The van der Waals surface area contributed by atoms with Crippen molar-refractivity contribution in [3.05, 3.63) is 59.9 Å². The molecule has 0 spiro atoms. The van der Waals surface area contributed by atoms with Gasteiger partial charge in [0.2, 0.25) is 0 Å². The van der Waals surface area contributed by atoms with Gasteiger partial charge in [0.1, 0.15) is 5.76 Å². The Balaban J connectivity index is 1.50. The molecule has 6 heteroatoms. The van der Waals surface area contributed by atoms with Crippen molar-refractivity contribution in [2.45, 2.75) is 38.3 Å². The first-order valence-electron chi connectivity index (χ1n) is 9.65. The van der Waals surface area contributed by atoms with E-state index in [0.29, 0.717) is 30.3 Å². The van der Waals surface area contributed by atoms with E-state index in [9.17, 15) is 4.79 Å². The molecular weight excluding hydrogens is 356 g/mol. The predicted molar refractivity (Wildman–Crippen MR) is 105 cm³/mol. The Bertz CT molecular complexity index is 860. The molecule has 146 valence electrons. The number of carbonyl (C=O) groups excluding carboxylic acids is 1. The lowest BCUT2D eigenvalue weighted by atomic mass is 10.1. The van der Waals surface area contributed by atoms with Crippen LogP contribution < -0.4 is 9.47 Å². The van der Waals surface area contributed by atoms with E-state index < -0.39 is 0 Å². The number of rotatable bonds is 6. The lowest BCUT2D eigenvalue weighted by Crippen LogP contribution is -2.34. The van der Waals surface area contributed by atoms with Crippen molar-refractivity contribution in [1.29, 1.82) is 0 Å². The van der Waals surface area contributed by atoms with Crippen LogP contribution in [0.3, 0.4) is 0 Å². The molecule has 4 rings (SSSR count). The minimum atomic E-state index is -0.378. The minimum Gasteiger partial charge on any atom is -0.493 e. The van der Waals surface area contributed by atoms with Crippen LogP contribution in [0.5, 0.6) is 11.5 Å². The summed E-state index contributed by atoms with van der Waals surface area (Å²) in [5.74, 6) is 1.93. The summed E-state index contributed by atoms with van der Waals surface area (Å²) in [6.45, 7) is 0.887.